The van der Waals surface area contributed by atoms with E-state index in [1.54, 1.807) is 31.2 Å². The van der Waals surface area contributed by atoms with Crippen molar-refractivity contribution in [3.8, 4) is 5.75 Å². The topological polar surface area (TPSA) is 97.4 Å². The fraction of sp³-hybridized carbons (Fsp3) is 0.476. The van der Waals surface area contributed by atoms with Crippen LogP contribution < -0.4 is 4.74 Å². The summed E-state index contributed by atoms with van der Waals surface area (Å²) in [7, 11) is 1.53. The summed E-state index contributed by atoms with van der Waals surface area (Å²) in [5, 5.41) is 0. The standard InChI is InChI=1S/C21H26O8/c1-12-20(28-14(3)23)21(29-15(4)24)19(27-12)10-9-16-7-6-8-18(25-5)17(16)11-26-13(2)22/h6-10,12,19-21H,11H2,1-5H3/b10-9+/t12-,19+,20-,21+/m1/s1. The van der Waals surface area contributed by atoms with Crippen molar-refractivity contribution < 1.29 is 38.1 Å². The van der Waals surface area contributed by atoms with Crippen molar-refractivity contribution in [3.05, 3.63) is 35.4 Å². The molecular weight excluding hydrogens is 380 g/mol. The molecule has 1 heterocycles. The van der Waals surface area contributed by atoms with Crippen molar-refractivity contribution in [1.82, 2.24) is 0 Å². The molecule has 2 rings (SSSR count). The van der Waals surface area contributed by atoms with Gasteiger partial charge in [-0.3, -0.25) is 14.4 Å². The van der Waals surface area contributed by atoms with Gasteiger partial charge in [-0.25, -0.2) is 0 Å². The van der Waals surface area contributed by atoms with Gasteiger partial charge in [-0.2, -0.15) is 0 Å². The summed E-state index contributed by atoms with van der Waals surface area (Å²) in [5.74, 6) is -0.815. The van der Waals surface area contributed by atoms with Crippen LogP contribution >= 0.6 is 0 Å². The van der Waals surface area contributed by atoms with Gasteiger partial charge in [0.25, 0.3) is 0 Å². The zero-order valence-electron chi connectivity index (χ0n) is 17.2. The Morgan fingerprint density at radius 3 is 2.28 bits per heavy atom. The van der Waals surface area contributed by atoms with Crippen LogP contribution in [0.5, 0.6) is 5.75 Å². The molecule has 0 unspecified atom stereocenters. The zero-order valence-corrected chi connectivity index (χ0v) is 17.2. The molecular formula is C21H26O8. The van der Waals surface area contributed by atoms with E-state index in [2.05, 4.69) is 0 Å². The number of rotatable bonds is 7. The van der Waals surface area contributed by atoms with Crippen LogP contribution in [-0.2, 0) is 39.9 Å². The Morgan fingerprint density at radius 1 is 1.03 bits per heavy atom. The molecule has 0 aliphatic carbocycles. The maximum atomic E-state index is 11.5. The molecule has 158 valence electrons. The molecule has 8 nitrogen and oxygen atoms in total. The third-order valence-electron chi connectivity index (χ3n) is 4.36. The SMILES string of the molecule is COc1cccc(/C=C/[C@@H]2O[C@H](C)[C@@H](OC(C)=O)[C@H]2OC(C)=O)c1COC(C)=O. The van der Waals surface area contributed by atoms with Crippen molar-refractivity contribution in [3.63, 3.8) is 0 Å². The maximum Gasteiger partial charge on any atom is 0.303 e. The molecule has 1 aliphatic heterocycles. The Morgan fingerprint density at radius 2 is 1.69 bits per heavy atom. The van der Waals surface area contributed by atoms with E-state index < -0.39 is 42.3 Å². The van der Waals surface area contributed by atoms with Gasteiger partial charge in [0.1, 0.15) is 18.5 Å². The molecule has 29 heavy (non-hydrogen) atoms. The number of ether oxygens (including phenoxy) is 5. The molecule has 0 amide bonds. The zero-order chi connectivity index (χ0) is 21.6. The normalized spacial score (nSPS) is 23.6. The molecule has 0 saturated carbocycles. The highest BCUT2D eigenvalue weighted by Gasteiger charge is 2.45. The van der Waals surface area contributed by atoms with E-state index >= 15 is 0 Å². The lowest BCUT2D eigenvalue weighted by molar-refractivity contribution is -0.163. The number of carbonyl (C=O) groups is 3. The molecule has 1 aromatic carbocycles. The van der Waals surface area contributed by atoms with Gasteiger partial charge >= 0.3 is 17.9 Å². The number of hydrogen-bond acceptors (Lipinski definition) is 8. The molecule has 0 radical (unpaired) electrons. The maximum absolute atomic E-state index is 11.5. The van der Waals surface area contributed by atoms with Crippen molar-refractivity contribution in [2.75, 3.05) is 7.11 Å². The minimum atomic E-state index is -0.773. The van der Waals surface area contributed by atoms with Crippen molar-refractivity contribution in [1.29, 1.82) is 0 Å². The van der Waals surface area contributed by atoms with E-state index in [1.165, 1.54) is 27.9 Å². The second-order valence-electron chi connectivity index (χ2n) is 6.62. The minimum absolute atomic E-state index is 0.0460. The molecule has 8 heteroatoms. The first-order valence-corrected chi connectivity index (χ1v) is 9.20. The smallest absolute Gasteiger partial charge is 0.303 e. The lowest BCUT2D eigenvalue weighted by Crippen LogP contribution is -2.38. The van der Waals surface area contributed by atoms with E-state index in [1.807, 2.05) is 6.07 Å². The largest absolute Gasteiger partial charge is 0.496 e. The summed E-state index contributed by atoms with van der Waals surface area (Å²) in [6, 6.07) is 5.41. The molecule has 0 aromatic heterocycles. The Hall–Kier alpha value is -2.87. The summed E-state index contributed by atoms with van der Waals surface area (Å²) in [5.41, 5.74) is 1.44. The number of hydrogen-bond donors (Lipinski definition) is 0. The van der Waals surface area contributed by atoms with Crippen LogP contribution in [-0.4, -0.2) is 49.4 Å². The van der Waals surface area contributed by atoms with Gasteiger partial charge in [0.2, 0.25) is 0 Å². The van der Waals surface area contributed by atoms with E-state index in [0.29, 0.717) is 11.3 Å². The van der Waals surface area contributed by atoms with Gasteiger partial charge in [-0.15, -0.1) is 0 Å². The lowest BCUT2D eigenvalue weighted by Gasteiger charge is -2.21. The van der Waals surface area contributed by atoms with Gasteiger partial charge < -0.3 is 23.7 Å². The molecule has 1 saturated heterocycles. The molecule has 0 bridgehead atoms. The fourth-order valence-corrected chi connectivity index (χ4v) is 3.15. The third-order valence-corrected chi connectivity index (χ3v) is 4.36. The minimum Gasteiger partial charge on any atom is -0.496 e. The Kier molecular flexibility index (Phi) is 7.78. The van der Waals surface area contributed by atoms with Crippen LogP contribution in [0.4, 0.5) is 0 Å². The van der Waals surface area contributed by atoms with Gasteiger partial charge in [-0.05, 0) is 18.6 Å². The second-order valence-corrected chi connectivity index (χ2v) is 6.62. The van der Waals surface area contributed by atoms with Crippen LogP contribution in [0, 0.1) is 0 Å². The van der Waals surface area contributed by atoms with Crippen molar-refractivity contribution in [2.45, 2.75) is 58.7 Å². The molecule has 0 N–H and O–H groups in total. The summed E-state index contributed by atoms with van der Waals surface area (Å²) < 4.78 is 27.0. The molecule has 1 aliphatic rings. The fourth-order valence-electron chi connectivity index (χ4n) is 3.15. The van der Waals surface area contributed by atoms with E-state index in [-0.39, 0.29) is 6.61 Å². The second kappa shape index (κ2) is 10.1. The van der Waals surface area contributed by atoms with Gasteiger partial charge in [0.15, 0.2) is 12.2 Å². The average Bonchev–Trinajstić information content (AvgIpc) is 2.92. The van der Waals surface area contributed by atoms with E-state index in [0.717, 1.165) is 5.56 Å². The number of esters is 3. The highest BCUT2D eigenvalue weighted by Crippen LogP contribution is 2.30. The summed E-state index contributed by atoms with van der Waals surface area (Å²) >= 11 is 0. The summed E-state index contributed by atoms with van der Waals surface area (Å²) in [4.78, 5) is 34.2. The van der Waals surface area contributed by atoms with Crippen LogP contribution in [0.25, 0.3) is 6.08 Å². The molecule has 0 spiro atoms. The average molecular weight is 406 g/mol. The van der Waals surface area contributed by atoms with Crippen molar-refractivity contribution >= 4 is 24.0 Å². The van der Waals surface area contributed by atoms with Crippen LogP contribution in [0.15, 0.2) is 24.3 Å². The third kappa shape index (κ3) is 6.05. The Bertz CT molecular complexity index is 785. The highest BCUT2D eigenvalue weighted by atomic mass is 16.6. The monoisotopic (exact) mass is 406 g/mol. The predicted molar refractivity (Wildman–Crippen MR) is 103 cm³/mol. The van der Waals surface area contributed by atoms with Gasteiger partial charge in [0.05, 0.1) is 13.2 Å². The van der Waals surface area contributed by atoms with Crippen LogP contribution in [0.3, 0.4) is 0 Å². The first-order chi connectivity index (χ1) is 13.7. The summed E-state index contributed by atoms with van der Waals surface area (Å²) in [6.45, 7) is 5.70. The Balaban J connectivity index is 2.29. The van der Waals surface area contributed by atoms with E-state index in [4.69, 9.17) is 23.7 Å². The van der Waals surface area contributed by atoms with Crippen LogP contribution in [0.1, 0.15) is 38.8 Å². The number of methoxy groups -OCH3 is 1. The number of benzene rings is 1. The molecule has 4 atom stereocenters. The van der Waals surface area contributed by atoms with Crippen LogP contribution in [0.2, 0.25) is 0 Å². The summed E-state index contributed by atoms with van der Waals surface area (Å²) in [6.07, 6.45) is 0.933. The first kappa shape index (κ1) is 22.4. The Labute approximate surface area is 169 Å². The molecule has 1 aromatic rings. The first-order valence-electron chi connectivity index (χ1n) is 9.20. The number of carbonyl (C=O) groups excluding carboxylic acids is 3. The van der Waals surface area contributed by atoms with Gasteiger partial charge in [0, 0.05) is 26.3 Å². The highest BCUT2D eigenvalue weighted by molar-refractivity contribution is 5.68. The van der Waals surface area contributed by atoms with Gasteiger partial charge in [-0.1, -0.05) is 24.3 Å². The lowest BCUT2D eigenvalue weighted by atomic mass is 10.0. The predicted octanol–water partition coefficient (Wildman–Crippen LogP) is 2.42. The molecule has 1 fully saturated rings. The quantitative estimate of drug-likeness (QED) is 0.503. The van der Waals surface area contributed by atoms with Crippen molar-refractivity contribution in [2.24, 2.45) is 0 Å². The van der Waals surface area contributed by atoms with E-state index in [9.17, 15) is 14.4 Å².